The van der Waals surface area contributed by atoms with Gasteiger partial charge in [-0.3, -0.25) is 9.59 Å². The summed E-state index contributed by atoms with van der Waals surface area (Å²) in [6.07, 6.45) is 3.07. The number of anilines is 2. The first-order valence-corrected chi connectivity index (χ1v) is 10.6. The molecule has 1 heterocycles. The molecule has 1 unspecified atom stereocenters. The van der Waals surface area contributed by atoms with Gasteiger partial charge < -0.3 is 15.5 Å². The Morgan fingerprint density at radius 3 is 2.31 bits per heavy atom. The average Bonchev–Trinajstić information content (AvgIpc) is 3.21. The highest BCUT2D eigenvalue weighted by Crippen LogP contribution is 2.28. The van der Waals surface area contributed by atoms with Crippen LogP contribution in [-0.4, -0.2) is 30.9 Å². The lowest BCUT2D eigenvalue weighted by atomic mass is 10.1. The molecule has 2 N–H and O–H groups in total. The number of amides is 2. The van der Waals surface area contributed by atoms with Crippen LogP contribution in [0.4, 0.5) is 11.4 Å². The van der Waals surface area contributed by atoms with Crippen LogP contribution in [0.25, 0.3) is 0 Å². The summed E-state index contributed by atoms with van der Waals surface area (Å²) >= 11 is 12.0. The summed E-state index contributed by atoms with van der Waals surface area (Å²) in [5, 5.41) is 6.64. The van der Waals surface area contributed by atoms with Crippen molar-refractivity contribution in [3.63, 3.8) is 0 Å². The Hall–Kier alpha value is -2.24. The van der Waals surface area contributed by atoms with Gasteiger partial charge in [0.1, 0.15) is 0 Å². The fourth-order valence-corrected chi connectivity index (χ4v) is 3.85. The summed E-state index contributed by atoms with van der Waals surface area (Å²) < 4.78 is 0. The van der Waals surface area contributed by atoms with Crippen molar-refractivity contribution in [2.75, 3.05) is 23.3 Å². The van der Waals surface area contributed by atoms with Crippen molar-refractivity contribution >= 4 is 46.4 Å². The van der Waals surface area contributed by atoms with Gasteiger partial charge in [-0.25, -0.2) is 0 Å². The van der Waals surface area contributed by atoms with Crippen molar-refractivity contribution in [1.82, 2.24) is 5.32 Å². The number of carbonyl (C=O) groups is 2. The predicted molar refractivity (Wildman–Crippen MR) is 120 cm³/mol. The third-order valence-electron chi connectivity index (χ3n) is 5.06. The fraction of sp³-hybridized carbons (Fsp3) is 0.364. The smallest absolute Gasteiger partial charge is 0.255 e. The lowest BCUT2D eigenvalue weighted by Gasteiger charge is -2.23. The lowest BCUT2D eigenvalue weighted by Crippen LogP contribution is -2.33. The van der Waals surface area contributed by atoms with Gasteiger partial charge in [-0.05, 0) is 62.6 Å². The maximum Gasteiger partial charge on any atom is 0.255 e. The van der Waals surface area contributed by atoms with Gasteiger partial charge in [0.05, 0.1) is 5.56 Å². The standard InChI is InChI=1S/C22H25Cl2N3O2/c1-3-14(2)25-22(29)19-13-18(6-7-20(19)27-8-4-5-9-27)26-21(28)15-10-16(23)12-17(24)11-15/h6-7,10-14H,3-5,8-9H2,1-2H3,(H,25,29)(H,26,28). The molecule has 5 nitrogen and oxygen atoms in total. The molecule has 0 radical (unpaired) electrons. The van der Waals surface area contributed by atoms with Crippen LogP contribution in [0, 0.1) is 0 Å². The molecule has 7 heteroatoms. The van der Waals surface area contributed by atoms with Gasteiger partial charge in [-0.2, -0.15) is 0 Å². The summed E-state index contributed by atoms with van der Waals surface area (Å²) in [5.41, 5.74) is 2.36. The quantitative estimate of drug-likeness (QED) is 0.642. The largest absolute Gasteiger partial charge is 0.371 e. The van der Waals surface area contributed by atoms with Crippen LogP contribution in [0.15, 0.2) is 36.4 Å². The topological polar surface area (TPSA) is 61.4 Å². The fourth-order valence-electron chi connectivity index (χ4n) is 3.32. The monoisotopic (exact) mass is 433 g/mol. The molecule has 29 heavy (non-hydrogen) atoms. The number of carbonyl (C=O) groups excluding carboxylic acids is 2. The predicted octanol–water partition coefficient (Wildman–Crippen LogP) is 5.37. The van der Waals surface area contributed by atoms with E-state index in [-0.39, 0.29) is 17.9 Å². The number of nitrogens with one attached hydrogen (secondary N) is 2. The summed E-state index contributed by atoms with van der Waals surface area (Å²) in [4.78, 5) is 27.7. The van der Waals surface area contributed by atoms with Gasteiger partial charge in [-0.15, -0.1) is 0 Å². The van der Waals surface area contributed by atoms with Gasteiger partial charge in [0.25, 0.3) is 11.8 Å². The Bertz CT molecular complexity index is 891. The van der Waals surface area contributed by atoms with E-state index in [1.165, 1.54) is 0 Å². The van der Waals surface area contributed by atoms with E-state index >= 15 is 0 Å². The molecule has 2 aromatic rings. The summed E-state index contributed by atoms with van der Waals surface area (Å²) in [7, 11) is 0. The van der Waals surface area contributed by atoms with Crippen molar-refractivity contribution in [2.24, 2.45) is 0 Å². The Morgan fingerprint density at radius 1 is 1.03 bits per heavy atom. The van der Waals surface area contributed by atoms with E-state index in [1.54, 1.807) is 24.3 Å². The molecule has 0 saturated carbocycles. The molecule has 1 aliphatic heterocycles. The normalized spacial score (nSPS) is 14.6. The first-order valence-electron chi connectivity index (χ1n) is 9.84. The zero-order valence-electron chi connectivity index (χ0n) is 16.6. The van der Waals surface area contributed by atoms with Crippen molar-refractivity contribution in [3.05, 3.63) is 57.6 Å². The number of hydrogen-bond donors (Lipinski definition) is 2. The molecular formula is C22H25Cl2N3O2. The molecule has 1 atom stereocenters. The Morgan fingerprint density at radius 2 is 1.69 bits per heavy atom. The van der Waals surface area contributed by atoms with Crippen LogP contribution in [0.2, 0.25) is 10.0 Å². The molecule has 1 aliphatic rings. The number of nitrogens with zero attached hydrogens (tertiary/aromatic N) is 1. The highest BCUT2D eigenvalue weighted by atomic mass is 35.5. The number of benzene rings is 2. The average molecular weight is 434 g/mol. The van der Waals surface area contributed by atoms with Gasteiger partial charge in [0.2, 0.25) is 0 Å². The second kappa shape index (κ2) is 9.51. The molecular weight excluding hydrogens is 409 g/mol. The van der Waals surface area contributed by atoms with E-state index in [4.69, 9.17) is 23.2 Å². The molecule has 0 bridgehead atoms. The van der Waals surface area contributed by atoms with Crippen molar-refractivity contribution in [1.29, 1.82) is 0 Å². The highest BCUT2D eigenvalue weighted by molar-refractivity contribution is 6.35. The molecule has 1 fully saturated rings. The molecule has 1 saturated heterocycles. The second-order valence-corrected chi connectivity index (χ2v) is 8.19. The first-order chi connectivity index (χ1) is 13.9. The van der Waals surface area contributed by atoms with Crippen LogP contribution in [0.5, 0.6) is 0 Å². The maximum atomic E-state index is 12.9. The van der Waals surface area contributed by atoms with Gasteiger partial charge in [0.15, 0.2) is 0 Å². The van der Waals surface area contributed by atoms with Gasteiger partial charge in [0, 0.05) is 46.1 Å². The number of hydrogen-bond acceptors (Lipinski definition) is 3. The Labute approximate surface area is 181 Å². The third-order valence-corrected chi connectivity index (χ3v) is 5.50. The van der Waals surface area contributed by atoms with E-state index in [1.807, 2.05) is 26.0 Å². The zero-order chi connectivity index (χ0) is 21.0. The number of halogens is 2. The minimum absolute atomic E-state index is 0.0702. The Kier molecular flexibility index (Phi) is 7.04. The van der Waals surface area contributed by atoms with Crippen molar-refractivity contribution in [2.45, 2.75) is 39.2 Å². The lowest BCUT2D eigenvalue weighted by molar-refractivity contribution is 0.0938. The highest BCUT2D eigenvalue weighted by Gasteiger charge is 2.21. The molecule has 0 aliphatic carbocycles. The van der Waals surface area contributed by atoms with Crippen molar-refractivity contribution < 1.29 is 9.59 Å². The molecule has 154 valence electrons. The molecule has 2 aromatic carbocycles. The van der Waals surface area contributed by atoms with Crippen LogP contribution in [-0.2, 0) is 0 Å². The van der Waals surface area contributed by atoms with Crippen LogP contribution in [0.1, 0.15) is 53.8 Å². The minimum Gasteiger partial charge on any atom is -0.371 e. The molecule has 0 spiro atoms. The van der Waals surface area contributed by atoms with Crippen LogP contribution < -0.4 is 15.5 Å². The molecule has 2 amide bonds. The van der Waals surface area contributed by atoms with Crippen LogP contribution in [0.3, 0.4) is 0 Å². The molecule has 3 rings (SSSR count). The summed E-state index contributed by atoms with van der Waals surface area (Å²) in [6, 6.07) is 10.2. The second-order valence-electron chi connectivity index (χ2n) is 7.32. The van der Waals surface area contributed by atoms with E-state index in [9.17, 15) is 9.59 Å². The van der Waals surface area contributed by atoms with E-state index in [0.717, 1.165) is 38.0 Å². The van der Waals surface area contributed by atoms with E-state index < -0.39 is 0 Å². The number of rotatable bonds is 6. The van der Waals surface area contributed by atoms with Gasteiger partial charge >= 0.3 is 0 Å². The minimum atomic E-state index is -0.336. The van der Waals surface area contributed by atoms with Crippen LogP contribution >= 0.6 is 23.2 Å². The van der Waals surface area contributed by atoms with E-state index in [0.29, 0.717) is 26.9 Å². The zero-order valence-corrected chi connectivity index (χ0v) is 18.1. The van der Waals surface area contributed by atoms with Gasteiger partial charge in [-0.1, -0.05) is 30.1 Å². The summed E-state index contributed by atoms with van der Waals surface area (Å²) in [5.74, 6) is -0.472. The van der Waals surface area contributed by atoms with Crippen molar-refractivity contribution in [3.8, 4) is 0 Å². The summed E-state index contributed by atoms with van der Waals surface area (Å²) in [6.45, 7) is 5.85. The Balaban J connectivity index is 1.88. The molecule has 0 aromatic heterocycles. The SMILES string of the molecule is CCC(C)NC(=O)c1cc(NC(=O)c2cc(Cl)cc(Cl)c2)ccc1N1CCCC1. The van der Waals surface area contributed by atoms with E-state index in [2.05, 4.69) is 15.5 Å². The first kappa shape index (κ1) is 21.5. The third kappa shape index (κ3) is 5.43. The maximum absolute atomic E-state index is 12.9.